The highest BCUT2D eigenvalue weighted by Crippen LogP contribution is 2.12. The van der Waals surface area contributed by atoms with Gasteiger partial charge in [0.15, 0.2) is 0 Å². The van der Waals surface area contributed by atoms with Gasteiger partial charge in [0.2, 0.25) is 17.7 Å². The molecule has 0 spiro atoms. The molecule has 0 aliphatic heterocycles. The molecule has 0 fully saturated rings. The lowest BCUT2D eigenvalue weighted by Gasteiger charge is -2.27. The summed E-state index contributed by atoms with van der Waals surface area (Å²) in [5, 5.41) is 7.69. The van der Waals surface area contributed by atoms with E-state index >= 15 is 0 Å². The number of alkyl carbamates (subject to hydrolysis) is 1. The van der Waals surface area contributed by atoms with Crippen LogP contribution in [0.15, 0.2) is 30.3 Å². The Kier molecular flexibility index (Phi) is 12.7. The van der Waals surface area contributed by atoms with Crippen molar-refractivity contribution in [1.82, 2.24) is 16.0 Å². The first-order valence-corrected chi connectivity index (χ1v) is 12.7. The summed E-state index contributed by atoms with van der Waals surface area (Å²) in [4.78, 5) is 62.7. The van der Waals surface area contributed by atoms with E-state index in [4.69, 9.17) is 15.2 Å². The summed E-state index contributed by atoms with van der Waals surface area (Å²) in [6.45, 7) is 12.0. The lowest BCUT2D eigenvalue weighted by molar-refractivity contribution is -0.155. The molecule has 0 saturated carbocycles. The molecule has 5 N–H and O–H groups in total. The van der Waals surface area contributed by atoms with Crippen molar-refractivity contribution in [2.75, 3.05) is 0 Å². The van der Waals surface area contributed by atoms with Crippen LogP contribution in [0.2, 0.25) is 0 Å². The molecule has 0 bridgehead atoms. The van der Waals surface area contributed by atoms with E-state index in [0.717, 1.165) is 5.56 Å². The zero-order chi connectivity index (χ0) is 29.0. The van der Waals surface area contributed by atoms with Crippen LogP contribution in [-0.4, -0.2) is 53.5 Å². The van der Waals surface area contributed by atoms with Crippen LogP contribution in [0.5, 0.6) is 0 Å². The van der Waals surface area contributed by atoms with Gasteiger partial charge in [0.1, 0.15) is 30.3 Å². The van der Waals surface area contributed by atoms with Gasteiger partial charge in [-0.1, -0.05) is 58.0 Å². The monoisotopic (exact) mass is 534 g/mol. The average Bonchev–Trinajstić information content (AvgIpc) is 2.80. The SMILES string of the molecule is CC(C)[C@H](NC(=O)[C@@H](NC(=O)[C@H](CCC(=O)OC(C)(C)C)NC(=O)OCc1ccccc1)C(C)C)C(N)=O. The number of rotatable bonds is 13. The molecule has 0 saturated heterocycles. The molecular weight excluding hydrogens is 492 g/mol. The minimum absolute atomic E-state index is 0.0200. The first kappa shape index (κ1) is 32.4. The lowest BCUT2D eigenvalue weighted by Crippen LogP contribution is -2.58. The highest BCUT2D eigenvalue weighted by atomic mass is 16.6. The Bertz CT molecular complexity index is 958. The summed E-state index contributed by atoms with van der Waals surface area (Å²) in [6, 6.07) is 5.83. The first-order valence-electron chi connectivity index (χ1n) is 12.7. The van der Waals surface area contributed by atoms with Gasteiger partial charge in [-0.15, -0.1) is 0 Å². The summed E-state index contributed by atoms with van der Waals surface area (Å²) >= 11 is 0. The lowest BCUT2D eigenvalue weighted by atomic mass is 9.99. The third-order valence-electron chi connectivity index (χ3n) is 5.40. The van der Waals surface area contributed by atoms with Crippen molar-refractivity contribution in [3.05, 3.63) is 35.9 Å². The standard InChI is InChI=1S/C27H42N4O7/c1-16(2)21(23(28)33)30-25(35)22(17(3)4)31-24(34)19(13-14-20(32)38-27(5,6)7)29-26(36)37-15-18-11-9-8-10-12-18/h8-12,16-17,19,21-22H,13-15H2,1-7H3,(H2,28,33)(H,29,36)(H,30,35)(H,31,34)/t19-,21-,22-/m0/s1. The van der Waals surface area contributed by atoms with Crippen molar-refractivity contribution in [1.29, 1.82) is 0 Å². The van der Waals surface area contributed by atoms with E-state index in [1.54, 1.807) is 72.7 Å². The van der Waals surface area contributed by atoms with E-state index < -0.39 is 53.5 Å². The summed E-state index contributed by atoms with van der Waals surface area (Å²) in [5.41, 5.74) is 5.44. The summed E-state index contributed by atoms with van der Waals surface area (Å²) in [6.07, 6.45) is -1.12. The van der Waals surface area contributed by atoms with Crippen molar-refractivity contribution in [2.24, 2.45) is 17.6 Å². The van der Waals surface area contributed by atoms with Crippen LogP contribution < -0.4 is 21.7 Å². The van der Waals surface area contributed by atoms with Crippen molar-refractivity contribution in [2.45, 2.75) is 91.6 Å². The van der Waals surface area contributed by atoms with Crippen molar-refractivity contribution in [3.63, 3.8) is 0 Å². The molecule has 11 heteroatoms. The van der Waals surface area contributed by atoms with E-state index in [-0.39, 0.29) is 31.3 Å². The maximum atomic E-state index is 13.2. The van der Waals surface area contributed by atoms with Gasteiger partial charge in [0.25, 0.3) is 0 Å². The smallest absolute Gasteiger partial charge is 0.408 e. The number of esters is 1. The third-order valence-corrected chi connectivity index (χ3v) is 5.40. The average molecular weight is 535 g/mol. The van der Waals surface area contributed by atoms with Gasteiger partial charge < -0.3 is 31.2 Å². The van der Waals surface area contributed by atoms with Crippen molar-refractivity contribution >= 4 is 29.8 Å². The molecule has 11 nitrogen and oxygen atoms in total. The minimum atomic E-state index is -1.20. The van der Waals surface area contributed by atoms with Crippen LogP contribution >= 0.6 is 0 Å². The second kappa shape index (κ2) is 14.9. The first-order chi connectivity index (χ1) is 17.6. The highest BCUT2D eigenvalue weighted by molar-refractivity contribution is 5.94. The number of hydrogen-bond donors (Lipinski definition) is 4. The number of carbonyl (C=O) groups excluding carboxylic acids is 5. The molecule has 0 aliphatic carbocycles. The fourth-order valence-electron chi connectivity index (χ4n) is 3.43. The zero-order valence-corrected chi connectivity index (χ0v) is 23.3. The fourth-order valence-corrected chi connectivity index (χ4v) is 3.43. The number of primary amides is 1. The maximum absolute atomic E-state index is 13.2. The molecule has 38 heavy (non-hydrogen) atoms. The Balaban J connectivity index is 2.98. The van der Waals surface area contributed by atoms with Gasteiger partial charge in [0.05, 0.1) is 0 Å². The summed E-state index contributed by atoms with van der Waals surface area (Å²) in [7, 11) is 0. The summed E-state index contributed by atoms with van der Waals surface area (Å²) < 4.78 is 10.5. The van der Waals surface area contributed by atoms with Crippen LogP contribution in [0.1, 0.15) is 66.9 Å². The Morgan fingerprint density at radius 1 is 0.842 bits per heavy atom. The zero-order valence-electron chi connectivity index (χ0n) is 23.3. The Morgan fingerprint density at radius 3 is 1.89 bits per heavy atom. The van der Waals surface area contributed by atoms with Gasteiger partial charge in [0, 0.05) is 6.42 Å². The molecule has 0 unspecified atom stereocenters. The second-order valence-electron chi connectivity index (χ2n) is 10.7. The largest absolute Gasteiger partial charge is 0.460 e. The molecule has 1 rings (SSSR count). The topological polar surface area (TPSA) is 166 Å². The number of amides is 4. The fraction of sp³-hybridized carbons (Fsp3) is 0.593. The molecule has 1 aromatic carbocycles. The normalized spacial score (nSPS) is 13.7. The Morgan fingerprint density at radius 2 is 1.39 bits per heavy atom. The number of benzene rings is 1. The molecule has 0 heterocycles. The number of carbonyl (C=O) groups is 5. The van der Waals surface area contributed by atoms with E-state index in [1.165, 1.54) is 0 Å². The van der Waals surface area contributed by atoms with Gasteiger partial charge in [-0.2, -0.15) is 0 Å². The van der Waals surface area contributed by atoms with Crippen molar-refractivity contribution < 1.29 is 33.4 Å². The van der Waals surface area contributed by atoms with Crippen LogP contribution in [0.25, 0.3) is 0 Å². The molecule has 3 atom stereocenters. The maximum Gasteiger partial charge on any atom is 0.408 e. The number of nitrogens with two attached hydrogens (primary N) is 1. The highest BCUT2D eigenvalue weighted by Gasteiger charge is 2.32. The molecule has 1 aromatic rings. The van der Waals surface area contributed by atoms with Crippen LogP contribution in [0.3, 0.4) is 0 Å². The molecular formula is C27H42N4O7. The van der Waals surface area contributed by atoms with Gasteiger partial charge in [-0.3, -0.25) is 19.2 Å². The van der Waals surface area contributed by atoms with E-state index in [2.05, 4.69) is 16.0 Å². The van der Waals surface area contributed by atoms with Crippen molar-refractivity contribution in [3.8, 4) is 0 Å². The molecule has 0 aliphatic rings. The predicted octanol–water partition coefficient (Wildman–Crippen LogP) is 2.17. The third kappa shape index (κ3) is 12.1. The van der Waals surface area contributed by atoms with E-state index in [9.17, 15) is 24.0 Å². The molecule has 4 amide bonds. The Hall–Kier alpha value is -3.63. The second-order valence-corrected chi connectivity index (χ2v) is 10.7. The number of hydrogen-bond acceptors (Lipinski definition) is 7. The molecule has 0 aromatic heterocycles. The molecule has 0 radical (unpaired) electrons. The predicted molar refractivity (Wildman–Crippen MR) is 141 cm³/mol. The number of nitrogens with one attached hydrogen (secondary N) is 3. The van der Waals surface area contributed by atoms with Gasteiger partial charge in [-0.05, 0) is 44.6 Å². The Labute approximate surface area is 224 Å². The molecule has 212 valence electrons. The van der Waals surface area contributed by atoms with E-state index in [0.29, 0.717) is 0 Å². The number of ether oxygens (including phenoxy) is 2. The minimum Gasteiger partial charge on any atom is -0.460 e. The van der Waals surface area contributed by atoms with Crippen LogP contribution in [0.4, 0.5) is 4.79 Å². The van der Waals surface area contributed by atoms with Crippen LogP contribution in [0, 0.1) is 11.8 Å². The van der Waals surface area contributed by atoms with Gasteiger partial charge >= 0.3 is 12.1 Å². The van der Waals surface area contributed by atoms with Gasteiger partial charge in [-0.25, -0.2) is 4.79 Å². The van der Waals surface area contributed by atoms with Crippen LogP contribution in [-0.2, 0) is 35.3 Å². The summed E-state index contributed by atoms with van der Waals surface area (Å²) in [5.74, 6) is -3.16. The van der Waals surface area contributed by atoms with E-state index in [1.807, 2.05) is 6.07 Å². The quantitative estimate of drug-likeness (QED) is 0.281.